The van der Waals surface area contributed by atoms with Crippen molar-refractivity contribution < 1.29 is 0 Å². The van der Waals surface area contributed by atoms with Crippen LogP contribution in [0.2, 0.25) is 0 Å². The van der Waals surface area contributed by atoms with E-state index in [-0.39, 0.29) is 0 Å². The molecule has 0 nitrogen and oxygen atoms in total. The molecule has 1 aliphatic rings. The molecule has 54 valence electrons. The van der Waals surface area contributed by atoms with Crippen molar-refractivity contribution in [2.45, 2.75) is 33.6 Å². The summed E-state index contributed by atoms with van der Waals surface area (Å²) in [5.41, 5.74) is 0. The molecular weight excluding hydrogens is 108 g/mol. The Morgan fingerprint density at radius 3 is 1.78 bits per heavy atom. The van der Waals surface area contributed by atoms with Gasteiger partial charge >= 0.3 is 0 Å². The molecule has 1 saturated carbocycles. The van der Waals surface area contributed by atoms with Gasteiger partial charge in [-0.25, -0.2) is 0 Å². The van der Waals surface area contributed by atoms with E-state index in [0.29, 0.717) is 0 Å². The quantitative estimate of drug-likeness (QED) is 0.473. The summed E-state index contributed by atoms with van der Waals surface area (Å²) >= 11 is 0. The summed E-state index contributed by atoms with van der Waals surface area (Å²) < 4.78 is 0. The SMILES string of the molecule is C=CC.CC(C)C1CC1. The monoisotopic (exact) mass is 126 g/mol. The summed E-state index contributed by atoms with van der Waals surface area (Å²) in [6.45, 7) is 9.86. The van der Waals surface area contributed by atoms with E-state index in [1.165, 1.54) is 12.8 Å². The van der Waals surface area contributed by atoms with Crippen LogP contribution in [-0.2, 0) is 0 Å². The van der Waals surface area contributed by atoms with E-state index in [0.717, 1.165) is 11.8 Å². The van der Waals surface area contributed by atoms with Crippen molar-refractivity contribution in [3.63, 3.8) is 0 Å². The smallest absolute Gasteiger partial charge is 0.0391 e. The molecule has 0 amide bonds. The standard InChI is InChI=1S/C6H12.C3H6/c1-5(2)6-3-4-6;1-3-2/h5-6H,3-4H2,1-2H3;3H,1H2,2H3. The molecule has 1 fully saturated rings. The van der Waals surface area contributed by atoms with Crippen molar-refractivity contribution in [3.05, 3.63) is 12.7 Å². The lowest BCUT2D eigenvalue weighted by atomic mass is 10.1. The van der Waals surface area contributed by atoms with Gasteiger partial charge in [0.05, 0.1) is 0 Å². The van der Waals surface area contributed by atoms with Crippen LogP contribution in [0.3, 0.4) is 0 Å². The van der Waals surface area contributed by atoms with E-state index >= 15 is 0 Å². The highest BCUT2D eigenvalue weighted by Gasteiger charge is 2.23. The average Bonchev–Trinajstić information content (AvgIpc) is 2.44. The maximum atomic E-state index is 3.36. The molecular formula is C9H18. The number of allylic oxidation sites excluding steroid dienone is 1. The van der Waals surface area contributed by atoms with Crippen molar-refractivity contribution >= 4 is 0 Å². The largest absolute Gasteiger partial charge is 0.103 e. The van der Waals surface area contributed by atoms with Gasteiger partial charge in [-0.05, 0) is 31.6 Å². The first kappa shape index (κ1) is 8.74. The van der Waals surface area contributed by atoms with Crippen LogP contribution in [-0.4, -0.2) is 0 Å². The molecule has 9 heavy (non-hydrogen) atoms. The predicted octanol–water partition coefficient (Wildman–Crippen LogP) is 3.24. The Kier molecular flexibility index (Phi) is 4.47. The molecule has 1 aliphatic carbocycles. The van der Waals surface area contributed by atoms with Gasteiger partial charge in [0.2, 0.25) is 0 Å². The molecule has 0 radical (unpaired) electrons. The molecule has 1 rings (SSSR count). The summed E-state index contributed by atoms with van der Waals surface area (Å²) in [6.07, 6.45) is 4.75. The third kappa shape index (κ3) is 5.61. The van der Waals surface area contributed by atoms with Crippen molar-refractivity contribution in [1.82, 2.24) is 0 Å². The van der Waals surface area contributed by atoms with Crippen LogP contribution in [0.25, 0.3) is 0 Å². The fourth-order valence-corrected chi connectivity index (χ4v) is 0.763. The first-order chi connectivity index (χ1) is 4.22. The first-order valence-corrected chi connectivity index (χ1v) is 3.79. The van der Waals surface area contributed by atoms with Crippen molar-refractivity contribution in [1.29, 1.82) is 0 Å². The molecule has 0 atom stereocenters. The third-order valence-electron chi connectivity index (χ3n) is 1.56. The number of rotatable bonds is 1. The Morgan fingerprint density at radius 1 is 1.44 bits per heavy atom. The lowest BCUT2D eigenvalue weighted by Gasteiger charge is -1.94. The first-order valence-electron chi connectivity index (χ1n) is 3.79. The average molecular weight is 126 g/mol. The van der Waals surface area contributed by atoms with E-state index in [1.54, 1.807) is 6.08 Å². The second-order valence-electron chi connectivity index (χ2n) is 2.99. The number of hydrogen-bond donors (Lipinski definition) is 0. The van der Waals surface area contributed by atoms with Crippen LogP contribution in [0, 0.1) is 11.8 Å². The maximum Gasteiger partial charge on any atom is -0.0391 e. The zero-order chi connectivity index (χ0) is 7.28. The summed E-state index contributed by atoms with van der Waals surface area (Å²) in [5.74, 6) is 2.06. The van der Waals surface area contributed by atoms with E-state index < -0.39 is 0 Å². The Labute approximate surface area is 59.0 Å². The summed E-state index contributed by atoms with van der Waals surface area (Å²) in [5, 5.41) is 0. The van der Waals surface area contributed by atoms with Gasteiger partial charge in [0.1, 0.15) is 0 Å². The second-order valence-corrected chi connectivity index (χ2v) is 2.99. The topological polar surface area (TPSA) is 0 Å². The molecule has 0 saturated heterocycles. The molecule has 0 unspecified atom stereocenters. The van der Waals surface area contributed by atoms with Crippen LogP contribution in [0.4, 0.5) is 0 Å². The minimum Gasteiger partial charge on any atom is -0.103 e. The van der Waals surface area contributed by atoms with Gasteiger partial charge in [0.15, 0.2) is 0 Å². The zero-order valence-corrected chi connectivity index (χ0v) is 6.85. The second kappa shape index (κ2) is 4.60. The highest BCUT2D eigenvalue weighted by Crippen LogP contribution is 2.35. The van der Waals surface area contributed by atoms with E-state index in [4.69, 9.17) is 0 Å². The lowest BCUT2D eigenvalue weighted by Crippen LogP contribution is -1.85. The van der Waals surface area contributed by atoms with Gasteiger partial charge in [0.25, 0.3) is 0 Å². The zero-order valence-electron chi connectivity index (χ0n) is 6.85. The van der Waals surface area contributed by atoms with E-state index in [2.05, 4.69) is 20.4 Å². The van der Waals surface area contributed by atoms with Crippen LogP contribution in [0.15, 0.2) is 12.7 Å². The molecule has 0 bridgehead atoms. The van der Waals surface area contributed by atoms with Crippen LogP contribution in [0.1, 0.15) is 33.6 Å². The summed E-state index contributed by atoms with van der Waals surface area (Å²) in [6, 6.07) is 0. The fourth-order valence-electron chi connectivity index (χ4n) is 0.763. The normalized spacial score (nSPS) is 16.4. The number of hydrogen-bond acceptors (Lipinski definition) is 0. The summed E-state index contributed by atoms with van der Waals surface area (Å²) in [7, 11) is 0. The highest BCUT2D eigenvalue weighted by atomic mass is 14.3. The predicted molar refractivity (Wildman–Crippen MR) is 43.4 cm³/mol. The fraction of sp³-hybridized carbons (Fsp3) is 0.778. The molecule has 0 aromatic heterocycles. The molecule has 0 heteroatoms. The Balaban J connectivity index is 0.000000187. The van der Waals surface area contributed by atoms with Gasteiger partial charge in [-0.2, -0.15) is 0 Å². The highest BCUT2D eigenvalue weighted by molar-refractivity contribution is 4.75. The molecule has 0 heterocycles. The Morgan fingerprint density at radius 2 is 1.78 bits per heavy atom. The van der Waals surface area contributed by atoms with Crippen LogP contribution in [0.5, 0.6) is 0 Å². The van der Waals surface area contributed by atoms with E-state index in [1.807, 2.05) is 6.92 Å². The maximum absolute atomic E-state index is 3.36. The van der Waals surface area contributed by atoms with E-state index in [9.17, 15) is 0 Å². The molecule has 0 aromatic carbocycles. The molecule has 0 spiro atoms. The van der Waals surface area contributed by atoms with Crippen molar-refractivity contribution in [2.75, 3.05) is 0 Å². The molecule has 0 aromatic rings. The van der Waals surface area contributed by atoms with Crippen LogP contribution < -0.4 is 0 Å². The minimum atomic E-state index is 0.963. The minimum absolute atomic E-state index is 0.963. The Bertz CT molecular complexity index is 68.1. The molecule has 0 N–H and O–H groups in total. The van der Waals surface area contributed by atoms with Gasteiger partial charge in [-0.15, -0.1) is 6.58 Å². The lowest BCUT2D eigenvalue weighted by molar-refractivity contribution is 0.563. The Hall–Kier alpha value is -0.260. The van der Waals surface area contributed by atoms with Crippen molar-refractivity contribution in [2.24, 2.45) is 11.8 Å². The van der Waals surface area contributed by atoms with Gasteiger partial charge in [0, 0.05) is 0 Å². The van der Waals surface area contributed by atoms with Crippen LogP contribution >= 0.6 is 0 Å². The van der Waals surface area contributed by atoms with Gasteiger partial charge < -0.3 is 0 Å². The van der Waals surface area contributed by atoms with Gasteiger partial charge in [-0.1, -0.05) is 19.9 Å². The van der Waals surface area contributed by atoms with Gasteiger partial charge in [-0.3, -0.25) is 0 Å². The van der Waals surface area contributed by atoms with Crippen molar-refractivity contribution in [3.8, 4) is 0 Å². The molecule has 0 aliphatic heterocycles. The third-order valence-corrected chi connectivity index (χ3v) is 1.56. The summed E-state index contributed by atoms with van der Waals surface area (Å²) in [4.78, 5) is 0.